The van der Waals surface area contributed by atoms with Crippen LogP contribution in [0, 0.1) is 17.1 Å². The minimum atomic E-state index is -0.269. The van der Waals surface area contributed by atoms with Gasteiger partial charge < -0.3 is 5.32 Å². The average molecular weight is 261 g/mol. The van der Waals surface area contributed by atoms with Crippen molar-refractivity contribution in [3.63, 3.8) is 0 Å². The molecule has 2 rings (SSSR count). The van der Waals surface area contributed by atoms with Crippen LogP contribution in [0.2, 0.25) is 0 Å². The fourth-order valence-electron chi connectivity index (χ4n) is 2.65. The molecule has 1 unspecified atom stereocenters. The first-order chi connectivity index (χ1) is 9.24. The van der Waals surface area contributed by atoms with Crippen molar-refractivity contribution < 1.29 is 4.39 Å². The molecule has 1 fully saturated rings. The van der Waals surface area contributed by atoms with E-state index in [4.69, 9.17) is 5.26 Å². The SMILES string of the molecule is CCCN(Cc1cc(F)ccc1C#N)C1CCNC1. The van der Waals surface area contributed by atoms with E-state index < -0.39 is 0 Å². The van der Waals surface area contributed by atoms with Gasteiger partial charge in [-0.25, -0.2) is 4.39 Å². The molecule has 0 bridgehead atoms. The molecule has 1 atom stereocenters. The molecule has 0 aliphatic carbocycles. The minimum Gasteiger partial charge on any atom is -0.315 e. The van der Waals surface area contributed by atoms with Crippen molar-refractivity contribution in [2.45, 2.75) is 32.4 Å². The van der Waals surface area contributed by atoms with E-state index in [0.29, 0.717) is 18.2 Å². The van der Waals surface area contributed by atoms with Gasteiger partial charge in [0.15, 0.2) is 0 Å². The molecular formula is C15H20FN3. The number of benzene rings is 1. The molecule has 1 N–H and O–H groups in total. The molecule has 0 aromatic heterocycles. The number of rotatable bonds is 5. The lowest BCUT2D eigenvalue weighted by molar-refractivity contribution is 0.199. The van der Waals surface area contributed by atoms with Crippen LogP contribution in [0.4, 0.5) is 4.39 Å². The third-order valence-corrected chi connectivity index (χ3v) is 3.62. The van der Waals surface area contributed by atoms with E-state index in [1.165, 1.54) is 12.1 Å². The van der Waals surface area contributed by atoms with Gasteiger partial charge in [-0.15, -0.1) is 0 Å². The first-order valence-corrected chi connectivity index (χ1v) is 6.88. The van der Waals surface area contributed by atoms with Crippen molar-refractivity contribution in [2.24, 2.45) is 0 Å². The molecule has 1 aromatic rings. The molecule has 1 heterocycles. The maximum atomic E-state index is 13.4. The first-order valence-electron chi connectivity index (χ1n) is 6.88. The predicted molar refractivity (Wildman–Crippen MR) is 73.1 cm³/mol. The Hall–Kier alpha value is -1.44. The molecule has 3 nitrogen and oxygen atoms in total. The first kappa shape index (κ1) is 14.0. The second-order valence-corrected chi connectivity index (χ2v) is 5.03. The van der Waals surface area contributed by atoms with E-state index in [0.717, 1.165) is 38.0 Å². The molecule has 19 heavy (non-hydrogen) atoms. The Morgan fingerprint density at radius 1 is 1.53 bits per heavy atom. The predicted octanol–water partition coefficient (Wildman–Crippen LogP) is 2.27. The van der Waals surface area contributed by atoms with Gasteiger partial charge in [0.2, 0.25) is 0 Å². The summed E-state index contributed by atoms with van der Waals surface area (Å²) < 4.78 is 13.4. The van der Waals surface area contributed by atoms with Gasteiger partial charge in [-0.1, -0.05) is 6.92 Å². The quantitative estimate of drug-likeness (QED) is 0.883. The maximum Gasteiger partial charge on any atom is 0.123 e. The Kier molecular flexibility index (Phi) is 4.89. The number of nitrogens with one attached hydrogen (secondary N) is 1. The van der Waals surface area contributed by atoms with Gasteiger partial charge in [0.05, 0.1) is 11.6 Å². The molecule has 1 saturated heterocycles. The Labute approximate surface area is 114 Å². The largest absolute Gasteiger partial charge is 0.315 e. The van der Waals surface area contributed by atoms with E-state index in [1.807, 2.05) is 0 Å². The molecule has 0 saturated carbocycles. The number of hydrogen-bond acceptors (Lipinski definition) is 3. The minimum absolute atomic E-state index is 0.269. The number of nitrogens with zero attached hydrogens (tertiary/aromatic N) is 2. The highest BCUT2D eigenvalue weighted by atomic mass is 19.1. The molecule has 1 aliphatic heterocycles. The highest BCUT2D eigenvalue weighted by molar-refractivity contribution is 5.37. The van der Waals surface area contributed by atoms with Crippen molar-refractivity contribution in [2.75, 3.05) is 19.6 Å². The smallest absolute Gasteiger partial charge is 0.123 e. The fraction of sp³-hybridized carbons (Fsp3) is 0.533. The number of nitriles is 1. The molecule has 102 valence electrons. The zero-order valence-electron chi connectivity index (χ0n) is 11.3. The zero-order chi connectivity index (χ0) is 13.7. The molecule has 4 heteroatoms. The monoisotopic (exact) mass is 261 g/mol. The summed E-state index contributed by atoms with van der Waals surface area (Å²) in [6.45, 7) is 5.80. The van der Waals surface area contributed by atoms with Gasteiger partial charge in [0.1, 0.15) is 5.82 Å². The van der Waals surface area contributed by atoms with Crippen LogP contribution in [0.5, 0.6) is 0 Å². The average Bonchev–Trinajstić information content (AvgIpc) is 2.92. The Bertz CT molecular complexity index is 461. The molecular weight excluding hydrogens is 241 g/mol. The summed E-state index contributed by atoms with van der Waals surface area (Å²) in [5.74, 6) is -0.269. The normalized spacial score (nSPS) is 18.7. The van der Waals surface area contributed by atoms with Gasteiger partial charge in [-0.2, -0.15) is 5.26 Å². The Balaban J connectivity index is 2.16. The van der Waals surface area contributed by atoms with Crippen molar-refractivity contribution >= 4 is 0 Å². The fourth-order valence-corrected chi connectivity index (χ4v) is 2.65. The second kappa shape index (κ2) is 6.65. The molecule has 0 amide bonds. The Morgan fingerprint density at radius 3 is 3.00 bits per heavy atom. The van der Waals surface area contributed by atoms with E-state index in [2.05, 4.69) is 23.2 Å². The summed E-state index contributed by atoms with van der Waals surface area (Å²) in [7, 11) is 0. The van der Waals surface area contributed by atoms with Gasteiger partial charge in [0.25, 0.3) is 0 Å². The van der Waals surface area contributed by atoms with E-state index in [-0.39, 0.29) is 5.82 Å². The van der Waals surface area contributed by atoms with Crippen LogP contribution in [0.3, 0.4) is 0 Å². The third kappa shape index (κ3) is 3.52. The molecule has 1 aliphatic rings. The van der Waals surface area contributed by atoms with Crippen LogP contribution in [-0.4, -0.2) is 30.6 Å². The van der Waals surface area contributed by atoms with Gasteiger partial charge in [-0.05, 0) is 49.7 Å². The van der Waals surface area contributed by atoms with E-state index in [9.17, 15) is 4.39 Å². The van der Waals surface area contributed by atoms with Crippen LogP contribution < -0.4 is 5.32 Å². The van der Waals surface area contributed by atoms with Crippen molar-refractivity contribution in [3.8, 4) is 6.07 Å². The van der Waals surface area contributed by atoms with Crippen molar-refractivity contribution in [1.82, 2.24) is 10.2 Å². The van der Waals surface area contributed by atoms with E-state index in [1.54, 1.807) is 6.07 Å². The standard InChI is InChI=1S/C15H20FN3/c1-2-7-19(15-5-6-18-10-15)11-13-8-14(16)4-3-12(13)9-17/h3-4,8,15,18H,2,5-7,10-11H2,1H3. The van der Waals surface area contributed by atoms with Gasteiger partial charge >= 0.3 is 0 Å². The molecule has 1 aromatic carbocycles. The number of halogens is 1. The van der Waals surface area contributed by atoms with Crippen LogP contribution >= 0.6 is 0 Å². The van der Waals surface area contributed by atoms with E-state index >= 15 is 0 Å². The van der Waals surface area contributed by atoms with Crippen molar-refractivity contribution in [1.29, 1.82) is 5.26 Å². The topological polar surface area (TPSA) is 39.1 Å². The summed E-state index contributed by atoms with van der Waals surface area (Å²) >= 11 is 0. The van der Waals surface area contributed by atoms with Crippen LogP contribution in [0.25, 0.3) is 0 Å². The molecule has 0 spiro atoms. The summed E-state index contributed by atoms with van der Waals surface area (Å²) in [5, 5.41) is 12.5. The molecule has 0 radical (unpaired) electrons. The van der Waals surface area contributed by atoms with Crippen molar-refractivity contribution in [3.05, 3.63) is 35.1 Å². The lowest BCUT2D eigenvalue weighted by Crippen LogP contribution is -2.37. The second-order valence-electron chi connectivity index (χ2n) is 5.03. The number of hydrogen-bond donors (Lipinski definition) is 1. The van der Waals surface area contributed by atoms with Gasteiger partial charge in [0, 0.05) is 19.1 Å². The summed E-state index contributed by atoms with van der Waals surface area (Å²) in [6, 6.07) is 7.06. The zero-order valence-corrected chi connectivity index (χ0v) is 11.3. The lowest BCUT2D eigenvalue weighted by atomic mass is 10.1. The van der Waals surface area contributed by atoms with Gasteiger partial charge in [-0.3, -0.25) is 4.90 Å². The van der Waals surface area contributed by atoms with Crippen LogP contribution in [0.15, 0.2) is 18.2 Å². The summed E-state index contributed by atoms with van der Waals surface area (Å²) in [5.41, 5.74) is 1.37. The highest BCUT2D eigenvalue weighted by Gasteiger charge is 2.22. The summed E-state index contributed by atoms with van der Waals surface area (Å²) in [4.78, 5) is 2.36. The maximum absolute atomic E-state index is 13.4. The Morgan fingerprint density at radius 2 is 2.37 bits per heavy atom. The highest BCUT2D eigenvalue weighted by Crippen LogP contribution is 2.17. The summed E-state index contributed by atoms with van der Waals surface area (Å²) in [6.07, 6.45) is 2.19. The van der Waals surface area contributed by atoms with Crippen LogP contribution in [-0.2, 0) is 6.54 Å². The lowest BCUT2D eigenvalue weighted by Gasteiger charge is -2.28. The third-order valence-electron chi connectivity index (χ3n) is 3.62. The van der Waals surface area contributed by atoms with Crippen LogP contribution in [0.1, 0.15) is 30.9 Å².